The summed E-state index contributed by atoms with van der Waals surface area (Å²) in [6.07, 6.45) is 1.76. The zero-order valence-electron chi connectivity index (χ0n) is 6.83. The van der Waals surface area contributed by atoms with Gasteiger partial charge in [-0.2, -0.15) is 0 Å². The van der Waals surface area contributed by atoms with Gasteiger partial charge in [0, 0.05) is 6.20 Å². The van der Waals surface area contributed by atoms with Crippen molar-refractivity contribution in [3.05, 3.63) is 23.7 Å². The van der Waals surface area contributed by atoms with E-state index in [4.69, 9.17) is 5.73 Å². The lowest BCUT2D eigenvalue weighted by Crippen LogP contribution is -1.97. The van der Waals surface area contributed by atoms with Crippen LogP contribution in [-0.4, -0.2) is 15.0 Å². The van der Waals surface area contributed by atoms with E-state index in [1.165, 1.54) is 0 Å². The number of aromatic amines is 1. The van der Waals surface area contributed by atoms with Gasteiger partial charge in [-0.15, -0.1) is 0 Å². The molecule has 0 saturated carbocycles. The van der Waals surface area contributed by atoms with E-state index in [9.17, 15) is 0 Å². The zero-order chi connectivity index (χ0) is 8.55. The van der Waals surface area contributed by atoms with Crippen molar-refractivity contribution in [3.8, 4) is 0 Å². The largest absolute Gasteiger partial charge is 0.326 e. The van der Waals surface area contributed by atoms with Crippen LogP contribution in [0.3, 0.4) is 0 Å². The van der Waals surface area contributed by atoms with Crippen LogP contribution in [0.5, 0.6) is 0 Å². The van der Waals surface area contributed by atoms with E-state index in [1.807, 2.05) is 13.0 Å². The molecule has 0 aliphatic carbocycles. The SMILES string of the molecule is Cc1ccnc2[nH]c(CN)nc12. The molecule has 0 atom stereocenters. The highest BCUT2D eigenvalue weighted by Crippen LogP contribution is 2.12. The number of nitrogens with zero attached hydrogens (tertiary/aromatic N) is 2. The summed E-state index contributed by atoms with van der Waals surface area (Å²) in [5.74, 6) is 0.784. The van der Waals surface area contributed by atoms with Gasteiger partial charge in [-0.05, 0) is 18.6 Å². The molecule has 2 aromatic rings. The van der Waals surface area contributed by atoms with Crippen molar-refractivity contribution in [2.24, 2.45) is 5.73 Å². The molecule has 4 heteroatoms. The quantitative estimate of drug-likeness (QED) is 0.649. The minimum Gasteiger partial charge on any atom is -0.326 e. The predicted octanol–water partition coefficient (Wildman–Crippen LogP) is 0.725. The second kappa shape index (κ2) is 2.57. The van der Waals surface area contributed by atoms with Crippen molar-refractivity contribution < 1.29 is 0 Å². The molecule has 0 saturated heterocycles. The molecule has 62 valence electrons. The molecule has 2 heterocycles. The first-order chi connectivity index (χ1) is 5.81. The molecule has 0 aliphatic rings. The number of nitrogens with one attached hydrogen (secondary N) is 1. The van der Waals surface area contributed by atoms with Crippen LogP contribution in [0.2, 0.25) is 0 Å². The van der Waals surface area contributed by atoms with Gasteiger partial charge in [-0.3, -0.25) is 0 Å². The standard InChI is InChI=1S/C8H10N4/c1-5-2-3-10-8-7(5)11-6(4-9)12-8/h2-3H,4,9H2,1H3,(H,10,11,12). The minimum atomic E-state index is 0.426. The van der Waals surface area contributed by atoms with Crippen molar-refractivity contribution in [3.63, 3.8) is 0 Å². The van der Waals surface area contributed by atoms with Crippen LogP contribution in [0.4, 0.5) is 0 Å². The molecule has 0 amide bonds. The predicted molar refractivity (Wildman–Crippen MR) is 46.5 cm³/mol. The number of fused-ring (bicyclic) bond motifs is 1. The molecular formula is C8H10N4. The zero-order valence-corrected chi connectivity index (χ0v) is 6.83. The molecule has 0 bridgehead atoms. The fourth-order valence-electron chi connectivity index (χ4n) is 1.18. The van der Waals surface area contributed by atoms with Crippen LogP contribution in [-0.2, 0) is 6.54 Å². The number of hydrogen-bond donors (Lipinski definition) is 2. The fourth-order valence-corrected chi connectivity index (χ4v) is 1.18. The van der Waals surface area contributed by atoms with Gasteiger partial charge >= 0.3 is 0 Å². The van der Waals surface area contributed by atoms with Crippen LogP contribution in [0, 0.1) is 6.92 Å². The van der Waals surface area contributed by atoms with Crippen molar-refractivity contribution in [2.75, 3.05) is 0 Å². The van der Waals surface area contributed by atoms with E-state index in [1.54, 1.807) is 6.20 Å². The number of pyridine rings is 1. The molecule has 0 fully saturated rings. The first-order valence-electron chi connectivity index (χ1n) is 3.81. The summed E-state index contributed by atoms with van der Waals surface area (Å²) in [6, 6.07) is 1.93. The van der Waals surface area contributed by atoms with Crippen molar-refractivity contribution in [1.29, 1.82) is 0 Å². The Balaban J connectivity index is 2.74. The number of H-pyrrole nitrogens is 1. The van der Waals surface area contributed by atoms with E-state index >= 15 is 0 Å². The summed E-state index contributed by atoms with van der Waals surface area (Å²) < 4.78 is 0. The van der Waals surface area contributed by atoms with Crippen molar-refractivity contribution >= 4 is 11.2 Å². The lowest BCUT2D eigenvalue weighted by molar-refractivity contribution is 0.956. The molecule has 0 spiro atoms. The molecule has 0 aromatic carbocycles. The summed E-state index contributed by atoms with van der Waals surface area (Å²) >= 11 is 0. The monoisotopic (exact) mass is 162 g/mol. The first kappa shape index (κ1) is 7.24. The topological polar surface area (TPSA) is 67.6 Å². The number of rotatable bonds is 1. The highest BCUT2D eigenvalue weighted by atomic mass is 15.0. The average Bonchev–Trinajstić information content (AvgIpc) is 2.49. The third-order valence-electron chi connectivity index (χ3n) is 1.83. The van der Waals surface area contributed by atoms with Gasteiger partial charge in [-0.25, -0.2) is 9.97 Å². The van der Waals surface area contributed by atoms with Gasteiger partial charge < -0.3 is 10.7 Å². The van der Waals surface area contributed by atoms with Crippen LogP contribution >= 0.6 is 0 Å². The Bertz CT molecular complexity index is 404. The van der Waals surface area contributed by atoms with Gasteiger partial charge in [0.15, 0.2) is 5.65 Å². The average molecular weight is 162 g/mol. The van der Waals surface area contributed by atoms with E-state index < -0.39 is 0 Å². The van der Waals surface area contributed by atoms with E-state index in [0.717, 1.165) is 22.6 Å². The number of imidazole rings is 1. The van der Waals surface area contributed by atoms with Crippen LogP contribution in [0.1, 0.15) is 11.4 Å². The summed E-state index contributed by atoms with van der Waals surface area (Å²) in [7, 11) is 0. The Kier molecular flexibility index (Phi) is 1.55. The Hall–Kier alpha value is -1.42. The lowest BCUT2D eigenvalue weighted by Gasteiger charge is -1.89. The number of hydrogen-bond acceptors (Lipinski definition) is 3. The highest BCUT2D eigenvalue weighted by molar-refractivity contribution is 5.74. The molecule has 0 radical (unpaired) electrons. The smallest absolute Gasteiger partial charge is 0.157 e. The molecule has 3 N–H and O–H groups in total. The maximum Gasteiger partial charge on any atom is 0.157 e. The van der Waals surface area contributed by atoms with Crippen LogP contribution in [0.25, 0.3) is 11.2 Å². The number of aryl methyl sites for hydroxylation is 1. The second-order valence-corrected chi connectivity index (χ2v) is 2.71. The number of nitrogens with two attached hydrogens (primary N) is 1. The van der Waals surface area contributed by atoms with E-state index in [-0.39, 0.29) is 0 Å². The Morgan fingerprint density at radius 3 is 3.08 bits per heavy atom. The van der Waals surface area contributed by atoms with Crippen LogP contribution < -0.4 is 5.73 Å². The number of aromatic nitrogens is 3. The van der Waals surface area contributed by atoms with Gasteiger partial charge in [0.2, 0.25) is 0 Å². The third-order valence-corrected chi connectivity index (χ3v) is 1.83. The Morgan fingerprint density at radius 2 is 2.42 bits per heavy atom. The van der Waals surface area contributed by atoms with Gasteiger partial charge in [-0.1, -0.05) is 0 Å². The molecule has 4 nitrogen and oxygen atoms in total. The molecule has 12 heavy (non-hydrogen) atoms. The second-order valence-electron chi connectivity index (χ2n) is 2.71. The fraction of sp³-hybridized carbons (Fsp3) is 0.250. The molecule has 0 aliphatic heterocycles. The maximum absolute atomic E-state index is 5.44. The summed E-state index contributed by atoms with van der Waals surface area (Å²) in [4.78, 5) is 11.5. The molecule has 2 aromatic heterocycles. The molecular weight excluding hydrogens is 152 g/mol. The highest BCUT2D eigenvalue weighted by Gasteiger charge is 2.03. The van der Waals surface area contributed by atoms with E-state index in [2.05, 4.69) is 15.0 Å². The summed E-state index contributed by atoms with van der Waals surface area (Å²) in [6.45, 7) is 2.43. The Labute approximate surface area is 69.8 Å². The summed E-state index contributed by atoms with van der Waals surface area (Å²) in [5.41, 5.74) is 8.29. The Morgan fingerprint density at radius 1 is 1.58 bits per heavy atom. The minimum absolute atomic E-state index is 0.426. The van der Waals surface area contributed by atoms with Gasteiger partial charge in [0.1, 0.15) is 11.3 Å². The van der Waals surface area contributed by atoms with Gasteiger partial charge in [0.05, 0.1) is 6.54 Å². The molecule has 0 unspecified atom stereocenters. The summed E-state index contributed by atoms with van der Waals surface area (Å²) in [5, 5.41) is 0. The van der Waals surface area contributed by atoms with E-state index in [0.29, 0.717) is 6.54 Å². The lowest BCUT2D eigenvalue weighted by atomic mass is 10.3. The van der Waals surface area contributed by atoms with Gasteiger partial charge in [0.25, 0.3) is 0 Å². The first-order valence-corrected chi connectivity index (χ1v) is 3.81. The van der Waals surface area contributed by atoms with Crippen molar-refractivity contribution in [2.45, 2.75) is 13.5 Å². The maximum atomic E-state index is 5.44. The normalized spacial score (nSPS) is 10.8. The third kappa shape index (κ3) is 0.967. The van der Waals surface area contributed by atoms with Crippen LogP contribution in [0.15, 0.2) is 12.3 Å². The molecule has 2 rings (SSSR count). The van der Waals surface area contributed by atoms with Crippen molar-refractivity contribution in [1.82, 2.24) is 15.0 Å².